The van der Waals surface area contributed by atoms with Crippen LogP contribution < -0.4 is 4.90 Å². The molecule has 3 rings (SSSR count). The number of carboxylic acid groups (broad SMARTS) is 1. The van der Waals surface area contributed by atoms with E-state index in [1.165, 1.54) is 0 Å². The van der Waals surface area contributed by atoms with Gasteiger partial charge in [0.05, 0.1) is 18.7 Å². The van der Waals surface area contributed by atoms with E-state index in [1.54, 1.807) is 6.07 Å². The number of pyridine rings is 1. The zero-order chi connectivity index (χ0) is 15.0. The first kappa shape index (κ1) is 13.8. The molecule has 110 valence electrons. The maximum atomic E-state index is 11.6. The summed E-state index contributed by atoms with van der Waals surface area (Å²) in [5, 5.41) is 10.4. The van der Waals surface area contributed by atoms with Gasteiger partial charge in [-0.1, -0.05) is 12.1 Å². The number of aryl methyl sites for hydroxylation is 2. The lowest BCUT2D eigenvalue weighted by Crippen LogP contribution is -2.37. The second-order valence-electron chi connectivity index (χ2n) is 5.36. The van der Waals surface area contributed by atoms with Crippen LogP contribution in [0, 0.1) is 13.8 Å². The highest BCUT2D eigenvalue weighted by atomic mass is 16.5. The van der Waals surface area contributed by atoms with Crippen LogP contribution in [-0.4, -0.2) is 42.4 Å². The molecule has 0 spiro atoms. The molecular weight excluding hydrogens is 268 g/mol. The predicted octanol–water partition coefficient (Wildman–Crippen LogP) is 2.39. The molecule has 2 heterocycles. The summed E-state index contributed by atoms with van der Waals surface area (Å²) in [5.41, 5.74) is 3.24. The number of aromatic carboxylic acids is 1. The van der Waals surface area contributed by atoms with Crippen LogP contribution in [0.5, 0.6) is 0 Å². The van der Waals surface area contributed by atoms with Gasteiger partial charge >= 0.3 is 5.97 Å². The van der Waals surface area contributed by atoms with E-state index in [4.69, 9.17) is 4.74 Å². The van der Waals surface area contributed by atoms with Crippen LogP contribution in [0.1, 0.15) is 21.5 Å². The fourth-order valence-electron chi connectivity index (χ4n) is 2.70. The largest absolute Gasteiger partial charge is 0.478 e. The van der Waals surface area contributed by atoms with Gasteiger partial charge in [0.15, 0.2) is 0 Å². The Morgan fingerprint density at radius 1 is 1.24 bits per heavy atom. The Bertz CT molecular complexity index is 706. The minimum absolute atomic E-state index is 0.262. The Morgan fingerprint density at radius 3 is 2.57 bits per heavy atom. The number of anilines is 1. The first-order valence-electron chi connectivity index (χ1n) is 7.05. The topological polar surface area (TPSA) is 62.7 Å². The van der Waals surface area contributed by atoms with Gasteiger partial charge in [0.1, 0.15) is 11.4 Å². The molecule has 0 saturated carbocycles. The summed E-state index contributed by atoms with van der Waals surface area (Å²) in [7, 11) is 0. The van der Waals surface area contributed by atoms with Crippen molar-refractivity contribution in [1.82, 2.24) is 4.98 Å². The summed E-state index contributed by atoms with van der Waals surface area (Å²) in [6.07, 6.45) is 0. The number of ether oxygens (including phenoxy) is 1. The number of rotatable bonds is 2. The fourth-order valence-corrected chi connectivity index (χ4v) is 2.70. The standard InChI is InChI=1S/C16H18N2O3/c1-10-3-4-11(2)14-12(10)9-13(16(19)20)15(17-14)18-5-7-21-8-6-18/h3-4,9H,5-8H2,1-2H3,(H,19,20). The number of fused-ring (bicyclic) bond motifs is 1. The number of carboxylic acids is 1. The number of hydrogen-bond donors (Lipinski definition) is 1. The van der Waals surface area contributed by atoms with E-state index in [0.29, 0.717) is 32.1 Å². The second kappa shape index (κ2) is 5.33. The van der Waals surface area contributed by atoms with E-state index in [0.717, 1.165) is 22.0 Å². The third kappa shape index (κ3) is 2.45. The number of carbonyl (C=O) groups is 1. The van der Waals surface area contributed by atoms with Gasteiger partial charge in [0.25, 0.3) is 0 Å². The molecule has 21 heavy (non-hydrogen) atoms. The second-order valence-corrected chi connectivity index (χ2v) is 5.36. The maximum absolute atomic E-state index is 11.6. The van der Waals surface area contributed by atoms with Crippen molar-refractivity contribution in [2.45, 2.75) is 13.8 Å². The molecule has 0 radical (unpaired) electrons. The monoisotopic (exact) mass is 286 g/mol. The lowest BCUT2D eigenvalue weighted by Gasteiger charge is -2.29. The van der Waals surface area contributed by atoms with Crippen molar-refractivity contribution < 1.29 is 14.6 Å². The van der Waals surface area contributed by atoms with Gasteiger partial charge in [0, 0.05) is 18.5 Å². The van der Waals surface area contributed by atoms with Crippen LogP contribution in [0.4, 0.5) is 5.82 Å². The molecular formula is C16H18N2O3. The van der Waals surface area contributed by atoms with E-state index in [-0.39, 0.29) is 5.56 Å². The number of hydrogen-bond acceptors (Lipinski definition) is 4. The summed E-state index contributed by atoms with van der Waals surface area (Å²) in [4.78, 5) is 18.3. The van der Waals surface area contributed by atoms with Gasteiger partial charge in [0.2, 0.25) is 0 Å². The van der Waals surface area contributed by atoms with Crippen LogP contribution in [0.3, 0.4) is 0 Å². The highest BCUT2D eigenvalue weighted by molar-refractivity contribution is 5.99. The SMILES string of the molecule is Cc1ccc(C)c2nc(N3CCOCC3)c(C(=O)O)cc12. The van der Waals surface area contributed by atoms with Gasteiger partial charge in [-0.05, 0) is 31.0 Å². The van der Waals surface area contributed by atoms with Crippen molar-refractivity contribution in [2.24, 2.45) is 0 Å². The van der Waals surface area contributed by atoms with E-state index in [1.807, 2.05) is 30.9 Å². The summed E-state index contributed by atoms with van der Waals surface area (Å²) in [6, 6.07) is 5.77. The fraction of sp³-hybridized carbons (Fsp3) is 0.375. The third-order valence-corrected chi connectivity index (χ3v) is 3.93. The predicted molar refractivity (Wildman–Crippen MR) is 81.2 cm³/mol. The molecule has 1 saturated heterocycles. The molecule has 1 aromatic carbocycles. The first-order valence-corrected chi connectivity index (χ1v) is 7.05. The van der Waals surface area contributed by atoms with Crippen LogP contribution in [0.2, 0.25) is 0 Å². The van der Waals surface area contributed by atoms with E-state index < -0.39 is 5.97 Å². The van der Waals surface area contributed by atoms with E-state index in [2.05, 4.69) is 4.98 Å². The Balaban J connectivity index is 2.23. The van der Waals surface area contributed by atoms with Gasteiger partial charge in [-0.2, -0.15) is 0 Å². The Labute approximate surface area is 123 Å². The first-order chi connectivity index (χ1) is 10.1. The average molecular weight is 286 g/mol. The highest BCUT2D eigenvalue weighted by Crippen LogP contribution is 2.28. The molecule has 1 N–H and O–H groups in total. The molecule has 0 bridgehead atoms. The number of benzene rings is 1. The number of aromatic nitrogens is 1. The summed E-state index contributed by atoms with van der Waals surface area (Å²) in [6.45, 7) is 6.52. The molecule has 5 nitrogen and oxygen atoms in total. The van der Waals surface area contributed by atoms with Gasteiger partial charge < -0.3 is 14.7 Å². The average Bonchev–Trinajstić information content (AvgIpc) is 2.51. The van der Waals surface area contributed by atoms with Crippen LogP contribution in [-0.2, 0) is 4.74 Å². The van der Waals surface area contributed by atoms with Crippen LogP contribution in [0.15, 0.2) is 18.2 Å². The lowest BCUT2D eigenvalue weighted by atomic mass is 10.0. The van der Waals surface area contributed by atoms with Gasteiger partial charge in [-0.25, -0.2) is 9.78 Å². The Kier molecular flexibility index (Phi) is 3.51. The van der Waals surface area contributed by atoms with Gasteiger partial charge in [-0.15, -0.1) is 0 Å². The zero-order valence-corrected chi connectivity index (χ0v) is 12.2. The maximum Gasteiger partial charge on any atom is 0.339 e. The summed E-state index contributed by atoms with van der Waals surface area (Å²) in [5.74, 6) is -0.390. The summed E-state index contributed by atoms with van der Waals surface area (Å²) < 4.78 is 5.33. The van der Waals surface area contributed by atoms with Crippen molar-refractivity contribution in [3.8, 4) is 0 Å². The minimum atomic E-state index is -0.938. The molecule has 2 aromatic rings. The highest BCUT2D eigenvalue weighted by Gasteiger charge is 2.21. The molecule has 1 aliphatic rings. The molecule has 1 fully saturated rings. The molecule has 0 atom stereocenters. The minimum Gasteiger partial charge on any atom is -0.478 e. The normalized spacial score (nSPS) is 15.4. The van der Waals surface area contributed by atoms with Crippen LogP contribution in [0.25, 0.3) is 10.9 Å². The van der Waals surface area contributed by atoms with E-state index >= 15 is 0 Å². The number of nitrogens with zero attached hydrogens (tertiary/aromatic N) is 2. The molecule has 0 aliphatic carbocycles. The van der Waals surface area contributed by atoms with Crippen molar-refractivity contribution in [3.63, 3.8) is 0 Å². The molecule has 5 heteroatoms. The lowest BCUT2D eigenvalue weighted by molar-refractivity contribution is 0.0696. The quantitative estimate of drug-likeness (QED) is 0.918. The molecule has 1 aromatic heterocycles. The molecule has 1 aliphatic heterocycles. The molecule has 0 unspecified atom stereocenters. The zero-order valence-electron chi connectivity index (χ0n) is 12.2. The third-order valence-electron chi connectivity index (χ3n) is 3.93. The van der Waals surface area contributed by atoms with Crippen molar-refractivity contribution in [2.75, 3.05) is 31.2 Å². The van der Waals surface area contributed by atoms with Crippen molar-refractivity contribution in [3.05, 3.63) is 34.9 Å². The Hall–Kier alpha value is -2.14. The van der Waals surface area contributed by atoms with Crippen molar-refractivity contribution >= 4 is 22.7 Å². The smallest absolute Gasteiger partial charge is 0.339 e. The van der Waals surface area contributed by atoms with Gasteiger partial charge in [-0.3, -0.25) is 0 Å². The van der Waals surface area contributed by atoms with Crippen LogP contribution >= 0.6 is 0 Å². The molecule has 0 amide bonds. The summed E-state index contributed by atoms with van der Waals surface area (Å²) >= 11 is 0. The van der Waals surface area contributed by atoms with E-state index in [9.17, 15) is 9.90 Å². The Morgan fingerprint density at radius 2 is 1.90 bits per heavy atom. The number of morpholine rings is 1. The van der Waals surface area contributed by atoms with Crippen molar-refractivity contribution in [1.29, 1.82) is 0 Å².